The van der Waals surface area contributed by atoms with Gasteiger partial charge in [0.15, 0.2) is 5.76 Å². The second-order valence-corrected chi connectivity index (χ2v) is 10.3. The molecular formula is C18H30N4O4S. The van der Waals surface area contributed by atoms with Crippen LogP contribution in [0.1, 0.15) is 57.4 Å². The number of aromatic nitrogens is 1. The second kappa shape index (κ2) is 6.86. The molecule has 9 heteroatoms. The number of rotatable bonds is 4. The number of nitrogens with zero attached hydrogens (tertiary/aromatic N) is 2. The third-order valence-corrected chi connectivity index (χ3v) is 7.81. The summed E-state index contributed by atoms with van der Waals surface area (Å²) in [5, 5.41) is 3.74. The van der Waals surface area contributed by atoms with E-state index in [-0.39, 0.29) is 28.0 Å². The first-order valence-electron chi connectivity index (χ1n) is 9.50. The van der Waals surface area contributed by atoms with Crippen LogP contribution in [0.5, 0.6) is 0 Å². The summed E-state index contributed by atoms with van der Waals surface area (Å²) in [6.07, 6.45) is 3.33. The first-order chi connectivity index (χ1) is 12.5. The Labute approximate surface area is 160 Å². The number of aryl methyl sites for hydroxylation is 2. The standard InChI is InChI=1S/C18H30N4O4S/c1-12-15(13(2)26-20-12)27(24,25)21-18(8-5-6-9-18)16(23)22-10-7-14(19)17(3,4)11-22/h14,21H,5-11,19H2,1-4H3. The summed E-state index contributed by atoms with van der Waals surface area (Å²) >= 11 is 0. The maximum Gasteiger partial charge on any atom is 0.246 e. The van der Waals surface area contributed by atoms with Gasteiger partial charge in [-0.15, -0.1) is 0 Å². The molecule has 3 rings (SSSR count). The normalized spacial score (nSPS) is 24.9. The molecule has 1 amide bonds. The van der Waals surface area contributed by atoms with E-state index in [2.05, 4.69) is 9.88 Å². The molecule has 1 aromatic rings. The molecule has 1 unspecified atom stereocenters. The maximum atomic E-state index is 13.5. The van der Waals surface area contributed by atoms with Gasteiger partial charge in [-0.05, 0) is 38.5 Å². The summed E-state index contributed by atoms with van der Waals surface area (Å²) in [6, 6.07) is 0.0278. The highest BCUT2D eigenvalue weighted by atomic mass is 32.2. The van der Waals surface area contributed by atoms with Gasteiger partial charge in [0.2, 0.25) is 15.9 Å². The van der Waals surface area contributed by atoms with E-state index >= 15 is 0 Å². The lowest BCUT2D eigenvalue weighted by atomic mass is 9.79. The van der Waals surface area contributed by atoms with Crippen LogP contribution in [-0.2, 0) is 14.8 Å². The van der Waals surface area contributed by atoms with Crippen LogP contribution in [0.3, 0.4) is 0 Å². The Morgan fingerprint density at radius 3 is 2.44 bits per heavy atom. The van der Waals surface area contributed by atoms with E-state index in [1.165, 1.54) is 0 Å². The van der Waals surface area contributed by atoms with Gasteiger partial charge in [0, 0.05) is 19.1 Å². The van der Waals surface area contributed by atoms with E-state index < -0.39 is 15.6 Å². The summed E-state index contributed by atoms with van der Waals surface area (Å²) in [5.74, 6) is 0.0842. The number of carbonyl (C=O) groups is 1. The number of likely N-dealkylation sites (tertiary alicyclic amines) is 1. The molecule has 152 valence electrons. The largest absolute Gasteiger partial charge is 0.360 e. The molecule has 1 atom stereocenters. The molecule has 2 aliphatic rings. The summed E-state index contributed by atoms with van der Waals surface area (Å²) in [7, 11) is -3.92. The predicted octanol–water partition coefficient (Wildman–Crippen LogP) is 1.47. The van der Waals surface area contributed by atoms with E-state index in [9.17, 15) is 13.2 Å². The van der Waals surface area contributed by atoms with Gasteiger partial charge >= 0.3 is 0 Å². The Bertz CT molecular complexity index is 805. The highest BCUT2D eigenvalue weighted by Crippen LogP contribution is 2.36. The lowest BCUT2D eigenvalue weighted by molar-refractivity contribution is -0.141. The van der Waals surface area contributed by atoms with Crippen LogP contribution in [0.15, 0.2) is 9.42 Å². The SMILES string of the molecule is Cc1noc(C)c1S(=O)(=O)NC1(C(=O)N2CCC(N)C(C)(C)C2)CCCC1. The molecule has 0 radical (unpaired) electrons. The molecule has 1 aliphatic heterocycles. The monoisotopic (exact) mass is 398 g/mol. The third-order valence-electron chi connectivity index (χ3n) is 6.03. The highest BCUT2D eigenvalue weighted by molar-refractivity contribution is 7.89. The van der Waals surface area contributed by atoms with Gasteiger partial charge in [-0.2, -0.15) is 4.72 Å². The van der Waals surface area contributed by atoms with Crippen molar-refractivity contribution >= 4 is 15.9 Å². The minimum atomic E-state index is -3.92. The van der Waals surface area contributed by atoms with Crippen molar-refractivity contribution in [2.45, 2.75) is 76.3 Å². The van der Waals surface area contributed by atoms with Gasteiger partial charge in [-0.3, -0.25) is 4.79 Å². The van der Waals surface area contributed by atoms with Gasteiger partial charge in [0.25, 0.3) is 0 Å². The van der Waals surface area contributed by atoms with Crippen molar-refractivity contribution < 1.29 is 17.7 Å². The maximum absolute atomic E-state index is 13.5. The van der Waals surface area contributed by atoms with Crippen molar-refractivity contribution in [3.05, 3.63) is 11.5 Å². The minimum Gasteiger partial charge on any atom is -0.360 e. The van der Waals surface area contributed by atoms with Crippen LogP contribution in [0.4, 0.5) is 0 Å². The van der Waals surface area contributed by atoms with Gasteiger partial charge in [0.05, 0.1) is 0 Å². The molecule has 1 aromatic heterocycles. The average Bonchev–Trinajstić information content (AvgIpc) is 3.16. The van der Waals surface area contributed by atoms with Gasteiger partial charge in [-0.1, -0.05) is 31.8 Å². The topological polar surface area (TPSA) is 119 Å². The molecule has 27 heavy (non-hydrogen) atoms. The van der Waals surface area contributed by atoms with Gasteiger partial charge in [-0.25, -0.2) is 8.42 Å². The summed E-state index contributed by atoms with van der Waals surface area (Å²) in [4.78, 5) is 15.3. The van der Waals surface area contributed by atoms with Crippen LogP contribution in [-0.4, -0.2) is 49.1 Å². The van der Waals surface area contributed by atoms with Crippen molar-refractivity contribution in [3.8, 4) is 0 Å². The van der Waals surface area contributed by atoms with Crippen molar-refractivity contribution in [2.24, 2.45) is 11.1 Å². The predicted molar refractivity (Wildman–Crippen MR) is 100 cm³/mol. The number of piperidine rings is 1. The fraction of sp³-hybridized carbons (Fsp3) is 0.778. The first kappa shape index (κ1) is 20.3. The number of hydrogen-bond donors (Lipinski definition) is 2. The first-order valence-corrected chi connectivity index (χ1v) is 11.0. The van der Waals surface area contributed by atoms with Crippen molar-refractivity contribution in [1.82, 2.24) is 14.8 Å². The lowest BCUT2D eigenvalue weighted by Gasteiger charge is -2.45. The molecule has 1 aliphatic carbocycles. The van der Waals surface area contributed by atoms with E-state index in [1.807, 2.05) is 13.8 Å². The summed E-state index contributed by atoms with van der Waals surface area (Å²) < 4.78 is 33.9. The van der Waals surface area contributed by atoms with E-state index in [4.69, 9.17) is 10.3 Å². The molecule has 8 nitrogen and oxygen atoms in total. The van der Waals surface area contributed by atoms with E-state index in [0.717, 1.165) is 12.8 Å². The fourth-order valence-electron chi connectivity index (χ4n) is 4.35. The molecular weight excluding hydrogens is 368 g/mol. The zero-order valence-corrected chi connectivity index (χ0v) is 17.4. The number of nitrogens with two attached hydrogens (primary N) is 1. The molecule has 2 heterocycles. The zero-order chi connectivity index (χ0) is 20.0. The van der Waals surface area contributed by atoms with Crippen LogP contribution in [0.2, 0.25) is 0 Å². The summed E-state index contributed by atoms with van der Waals surface area (Å²) in [6.45, 7) is 8.33. The van der Waals surface area contributed by atoms with Crippen LogP contribution >= 0.6 is 0 Å². The Morgan fingerprint density at radius 2 is 1.93 bits per heavy atom. The molecule has 2 fully saturated rings. The van der Waals surface area contributed by atoms with Crippen LogP contribution < -0.4 is 10.5 Å². The Morgan fingerprint density at radius 1 is 1.30 bits per heavy atom. The number of hydrogen-bond acceptors (Lipinski definition) is 6. The Kier molecular flexibility index (Phi) is 5.15. The fourth-order valence-corrected chi connectivity index (χ4v) is 6.10. The second-order valence-electron chi connectivity index (χ2n) is 8.66. The van der Waals surface area contributed by atoms with E-state index in [1.54, 1.807) is 18.7 Å². The molecule has 3 N–H and O–H groups in total. The Hall–Kier alpha value is -1.45. The van der Waals surface area contributed by atoms with E-state index in [0.29, 0.717) is 38.0 Å². The molecule has 0 bridgehead atoms. The lowest BCUT2D eigenvalue weighted by Crippen LogP contribution is -2.62. The quantitative estimate of drug-likeness (QED) is 0.793. The van der Waals surface area contributed by atoms with Gasteiger partial charge in [0.1, 0.15) is 16.1 Å². The third kappa shape index (κ3) is 3.64. The van der Waals surface area contributed by atoms with Gasteiger partial charge < -0.3 is 15.2 Å². The van der Waals surface area contributed by atoms with Crippen LogP contribution in [0.25, 0.3) is 0 Å². The zero-order valence-electron chi connectivity index (χ0n) is 16.5. The molecule has 1 saturated carbocycles. The number of amides is 1. The molecule has 0 spiro atoms. The van der Waals surface area contributed by atoms with Crippen LogP contribution in [0, 0.1) is 19.3 Å². The summed E-state index contributed by atoms with van der Waals surface area (Å²) in [5.41, 5.74) is 5.19. The number of sulfonamides is 1. The smallest absolute Gasteiger partial charge is 0.246 e. The van der Waals surface area contributed by atoms with Crippen molar-refractivity contribution in [1.29, 1.82) is 0 Å². The Balaban J connectivity index is 1.89. The number of nitrogens with one attached hydrogen (secondary N) is 1. The molecule has 1 saturated heterocycles. The molecule has 0 aromatic carbocycles. The van der Waals surface area contributed by atoms with Crippen molar-refractivity contribution in [2.75, 3.05) is 13.1 Å². The average molecular weight is 399 g/mol. The minimum absolute atomic E-state index is 0.0278. The number of carbonyl (C=O) groups excluding carboxylic acids is 1. The highest BCUT2D eigenvalue weighted by Gasteiger charge is 2.49. The van der Waals surface area contributed by atoms with Crippen molar-refractivity contribution in [3.63, 3.8) is 0 Å².